The minimum Gasteiger partial charge on any atom is -0.496 e. The van der Waals surface area contributed by atoms with Gasteiger partial charge in [0, 0.05) is 13.0 Å². The molecule has 4 heteroatoms. The quantitative estimate of drug-likeness (QED) is 0.886. The molecule has 24 heavy (non-hydrogen) atoms. The lowest BCUT2D eigenvalue weighted by Gasteiger charge is -2.25. The third-order valence-corrected chi connectivity index (χ3v) is 4.42. The van der Waals surface area contributed by atoms with Crippen LogP contribution in [0.2, 0.25) is 0 Å². The van der Waals surface area contributed by atoms with Gasteiger partial charge in [0.15, 0.2) is 0 Å². The molecule has 1 unspecified atom stereocenters. The molecule has 4 nitrogen and oxygen atoms in total. The monoisotopic (exact) mass is 325 g/mol. The van der Waals surface area contributed by atoms with E-state index in [4.69, 9.17) is 9.47 Å². The topological polar surface area (TPSA) is 47.6 Å². The fourth-order valence-electron chi connectivity index (χ4n) is 3.17. The van der Waals surface area contributed by atoms with Gasteiger partial charge in [-0.25, -0.2) is 0 Å². The fourth-order valence-corrected chi connectivity index (χ4v) is 3.17. The molecular formula is C20H23NO3. The Kier molecular flexibility index (Phi) is 5.36. The SMILES string of the molecule is COc1ccccc1CCNC(=O)CC1CCOc2ccccc21. The smallest absolute Gasteiger partial charge is 0.220 e. The highest BCUT2D eigenvalue weighted by molar-refractivity contribution is 5.77. The number of nitrogens with one attached hydrogen (secondary N) is 1. The Bertz CT molecular complexity index is 699. The molecule has 2 aromatic carbocycles. The van der Waals surface area contributed by atoms with Crippen molar-refractivity contribution in [3.8, 4) is 11.5 Å². The van der Waals surface area contributed by atoms with Gasteiger partial charge >= 0.3 is 0 Å². The first-order valence-electron chi connectivity index (χ1n) is 8.38. The third-order valence-electron chi connectivity index (χ3n) is 4.42. The molecule has 0 fully saturated rings. The number of hydrogen-bond acceptors (Lipinski definition) is 3. The van der Waals surface area contributed by atoms with Crippen LogP contribution in [0.25, 0.3) is 0 Å². The standard InChI is InChI=1S/C20H23NO3/c1-23-18-8-4-2-6-15(18)10-12-21-20(22)14-16-11-13-24-19-9-5-3-7-17(16)19/h2-9,16H,10-14H2,1H3,(H,21,22). The number of hydrogen-bond donors (Lipinski definition) is 1. The third kappa shape index (κ3) is 3.88. The molecular weight excluding hydrogens is 302 g/mol. The molecule has 0 saturated heterocycles. The molecule has 1 aliphatic heterocycles. The predicted octanol–water partition coefficient (Wildman–Crippen LogP) is 3.31. The summed E-state index contributed by atoms with van der Waals surface area (Å²) in [5.41, 5.74) is 2.25. The molecule has 126 valence electrons. The Labute approximate surface area is 142 Å². The van der Waals surface area contributed by atoms with Gasteiger partial charge in [0.05, 0.1) is 13.7 Å². The van der Waals surface area contributed by atoms with Crippen LogP contribution < -0.4 is 14.8 Å². The average molecular weight is 325 g/mol. The van der Waals surface area contributed by atoms with Crippen molar-refractivity contribution < 1.29 is 14.3 Å². The number of benzene rings is 2. The summed E-state index contributed by atoms with van der Waals surface area (Å²) < 4.78 is 11.0. The maximum absolute atomic E-state index is 12.3. The van der Waals surface area contributed by atoms with Crippen LogP contribution in [0.4, 0.5) is 0 Å². The van der Waals surface area contributed by atoms with Crippen molar-refractivity contribution in [3.63, 3.8) is 0 Å². The van der Waals surface area contributed by atoms with Crippen molar-refractivity contribution in [1.82, 2.24) is 5.32 Å². The van der Waals surface area contributed by atoms with Crippen LogP contribution >= 0.6 is 0 Å². The Morgan fingerprint density at radius 2 is 2.00 bits per heavy atom. The number of ether oxygens (including phenoxy) is 2. The molecule has 0 spiro atoms. The van der Waals surface area contributed by atoms with Gasteiger partial charge in [-0.1, -0.05) is 36.4 Å². The van der Waals surface area contributed by atoms with Gasteiger partial charge in [0.1, 0.15) is 11.5 Å². The number of carbonyl (C=O) groups excluding carboxylic acids is 1. The maximum Gasteiger partial charge on any atom is 0.220 e. The Morgan fingerprint density at radius 3 is 2.88 bits per heavy atom. The van der Waals surface area contributed by atoms with Crippen molar-refractivity contribution in [3.05, 3.63) is 59.7 Å². The van der Waals surface area contributed by atoms with E-state index in [1.165, 1.54) is 0 Å². The molecule has 1 N–H and O–H groups in total. The van der Waals surface area contributed by atoms with E-state index >= 15 is 0 Å². The van der Waals surface area contributed by atoms with E-state index in [1.807, 2.05) is 42.5 Å². The van der Waals surface area contributed by atoms with E-state index in [2.05, 4.69) is 11.4 Å². The van der Waals surface area contributed by atoms with Gasteiger partial charge in [0.2, 0.25) is 5.91 Å². The zero-order valence-electron chi connectivity index (χ0n) is 14.0. The maximum atomic E-state index is 12.3. The summed E-state index contributed by atoms with van der Waals surface area (Å²) in [6, 6.07) is 15.9. The van der Waals surface area contributed by atoms with Gasteiger partial charge in [-0.05, 0) is 42.0 Å². The number of fused-ring (bicyclic) bond motifs is 1. The van der Waals surface area contributed by atoms with E-state index in [0.29, 0.717) is 19.6 Å². The van der Waals surface area contributed by atoms with Crippen LogP contribution in [-0.4, -0.2) is 26.2 Å². The number of amides is 1. The fraction of sp³-hybridized carbons (Fsp3) is 0.350. The Balaban J connectivity index is 1.52. The molecule has 0 bridgehead atoms. The van der Waals surface area contributed by atoms with Gasteiger partial charge in [-0.15, -0.1) is 0 Å². The summed E-state index contributed by atoms with van der Waals surface area (Å²) in [5, 5.41) is 3.03. The summed E-state index contributed by atoms with van der Waals surface area (Å²) in [4.78, 5) is 12.3. The first-order valence-corrected chi connectivity index (χ1v) is 8.38. The van der Waals surface area contributed by atoms with Crippen LogP contribution in [0, 0.1) is 0 Å². The molecule has 0 aliphatic carbocycles. The summed E-state index contributed by atoms with van der Waals surface area (Å²) in [7, 11) is 1.67. The van der Waals surface area contributed by atoms with Crippen molar-refractivity contribution >= 4 is 5.91 Å². The largest absolute Gasteiger partial charge is 0.496 e. The molecule has 2 aromatic rings. The van der Waals surface area contributed by atoms with Gasteiger partial charge in [-0.2, -0.15) is 0 Å². The lowest BCUT2D eigenvalue weighted by molar-refractivity contribution is -0.121. The minimum absolute atomic E-state index is 0.0894. The molecule has 0 aromatic heterocycles. The first-order chi connectivity index (χ1) is 11.8. The first kappa shape index (κ1) is 16.4. The molecule has 3 rings (SSSR count). The van der Waals surface area contributed by atoms with Crippen LogP contribution in [-0.2, 0) is 11.2 Å². The summed E-state index contributed by atoms with van der Waals surface area (Å²) in [6.45, 7) is 1.29. The molecule has 1 heterocycles. The lowest BCUT2D eigenvalue weighted by Crippen LogP contribution is -2.28. The number of para-hydroxylation sites is 2. The van der Waals surface area contributed by atoms with Crippen LogP contribution in [0.15, 0.2) is 48.5 Å². The second-order valence-electron chi connectivity index (χ2n) is 5.99. The van der Waals surface area contributed by atoms with E-state index < -0.39 is 0 Å². The van der Waals surface area contributed by atoms with E-state index in [-0.39, 0.29) is 11.8 Å². The Hall–Kier alpha value is -2.49. The minimum atomic E-state index is 0.0894. The number of methoxy groups -OCH3 is 1. The second-order valence-corrected chi connectivity index (χ2v) is 5.99. The summed E-state index contributed by atoms with van der Waals surface area (Å²) in [6.07, 6.45) is 2.16. The van der Waals surface area contributed by atoms with Crippen molar-refractivity contribution in [1.29, 1.82) is 0 Å². The number of carbonyl (C=O) groups is 1. The summed E-state index contributed by atoms with van der Waals surface area (Å²) >= 11 is 0. The zero-order chi connectivity index (χ0) is 16.8. The molecule has 1 atom stereocenters. The highest BCUT2D eigenvalue weighted by Gasteiger charge is 2.23. The van der Waals surface area contributed by atoms with Crippen molar-refractivity contribution in [2.75, 3.05) is 20.3 Å². The molecule has 1 amide bonds. The highest BCUT2D eigenvalue weighted by Crippen LogP contribution is 2.35. The highest BCUT2D eigenvalue weighted by atomic mass is 16.5. The average Bonchev–Trinajstić information content (AvgIpc) is 2.62. The van der Waals surface area contributed by atoms with Gasteiger partial charge in [-0.3, -0.25) is 4.79 Å². The van der Waals surface area contributed by atoms with Gasteiger partial charge in [0.25, 0.3) is 0 Å². The normalized spacial score (nSPS) is 16.0. The molecule has 1 aliphatic rings. The molecule has 0 radical (unpaired) electrons. The van der Waals surface area contributed by atoms with Gasteiger partial charge < -0.3 is 14.8 Å². The predicted molar refractivity (Wildman–Crippen MR) is 93.6 cm³/mol. The van der Waals surface area contributed by atoms with E-state index in [9.17, 15) is 4.79 Å². The molecule has 0 saturated carbocycles. The zero-order valence-corrected chi connectivity index (χ0v) is 14.0. The Morgan fingerprint density at radius 1 is 1.21 bits per heavy atom. The van der Waals surface area contributed by atoms with Crippen LogP contribution in [0.1, 0.15) is 29.9 Å². The lowest BCUT2D eigenvalue weighted by atomic mass is 9.90. The van der Waals surface area contributed by atoms with Crippen molar-refractivity contribution in [2.24, 2.45) is 0 Å². The van der Waals surface area contributed by atoms with Crippen molar-refractivity contribution in [2.45, 2.75) is 25.2 Å². The van der Waals surface area contributed by atoms with Crippen LogP contribution in [0.3, 0.4) is 0 Å². The van der Waals surface area contributed by atoms with E-state index in [1.54, 1.807) is 7.11 Å². The summed E-state index contributed by atoms with van der Waals surface area (Å²) in [5.74, 6) is 2.11. The van der Waals surface area contributed by atoms with Crippen LogP contribution in [0.5, 0.6) is 11.5 Å². The number of rotatable bonds is 6. The van der Waals surface area contributed by atoms with E-state index in [0.717, 1.165) is 35.5 Å². The second kappa shape index (κ2) is 7.86.